The van der Waals surface area contributed by atoms with Crippen molar-refractivity contribution in [3.63, 3.8) is 0 Å². The minimum Gasteiger partial charge on any atom is -0.481 e. The lowest BCUT2D eigenvalue weighted by atomic mass is 10.0. The number of aromatic carboxylic acids is 1. The van der Waals surface area contributed by atoms with Crippen molar-refractivity contribution in [1.29, 1.82) is 0 Å². The first-order chi connectivity index (χ1) is 11.2. The molecule has 0 unspecified atom stereocenters. The van der Waals surface area contributed by atoms with Gasteiger partial charge in [0.25, 0.3) is 0 Å². The fourth-order valence-corrected chi connectivity index (χ4v) is 2.40. The van der Waals surface area contributed by atoms with Crippen molar-refractivity contribution in [3.05, 3.63) is 102 Å². The molecular formula is C20H16O3. The van der Waals surface area contributed by atoms with Crippen LogP contribution < -0.4 is 4.74 Å². The second kappa shape index (κ2) is 6.79. The fourth-order valence-electron chi connectivity index (χ4n) is 2.40. The van der Waals surface area contributed by atoms with Crippen LogP contribution in [0.3, 0.4) is 0 Å². The smallest absolute Gasteiger partial charge is 0.335 e. The summed E-state index contributed by atoms with van der Waals surface area (Å²) in [5, 5.41) is 8.97. The molecule has 3 aromatic rings. The molecule has 3 heteroatoms. The molecule has 0 atom stereocenters. The lowest BCUT2D eigenvalue weighted by molar-refractivity contribution is 0.0697. The van der Waals surface area contributed by atoms with Gasteiger partial charge in [-0.15, -0.1) is 0 Å². The normalized spacial score (nSPS) is 10.5. The molecule has 0 saturated carbocycles. The van der Waals surface area contributed by atoms with Crippen LogP contribution in [0.2, 0.25) is 0 Å². The van der Waals surface area contributed by atoms with E-state index in [0.29, 0.717) is 5.75 Å². The minimum absolute atomic E-state index is 0.243. The minimum atomic E-state index is -0.945. The fraction of sp³-hybridized carbons (Fsp3) is 0.0500. The van der Waals surface area contributed by atoms with E-state index in [1.54, 1.807) is 24.3 Å². The van der Waals surface area contributed by atoms with Gasteiger partial charge in [-0.25, -0.2) is 4.79 Å². The Kier molecular flexibility index (Phi) is 4.39. The summed E-state index contributed by atoms with van der Waals surface area (Å²) in [7, 11) is 0. The van der Waals surface area contributed by atoms with Crippen LogP contribution in [0, 0.1) is 0 Å². The Bertz CT molecular complexity index is 726. The second-order valence-electron chi connectivity index (χ2n) is 5.15. The molecule has 1 N–H and O–H groups in total. The van der Waals surface area contributed by atoms with E-state index in [1.165, 1.54) is 0 Å². The molecule has 0 heterocycles. The average molecular weight is 304 g/mol. The van der Waals surface area contributed by atoms with Crippen LogP contribution in [0.4, 0.5) is 0 Å². The van der Waals surface area contributed by atoms with E-state index in [2.05, 4.69) is 0 Å². The van der Waals surface area contributed by atoms with Crippen LogP contribution in [-0.4, -0.2) is 11.1 Å². The maximum atomic E-state index is 10.9. The van der Waals surface area contributed by atoms with Crippen LogP contribution in [0.1, 0.15) is 27.6 Å². The van der Waals surface area contributed by atoms with Gasteiger partial charge in [0.05, 0.1) is 5.56 Å². The van der Waals surface area contributed by atoms with E-state index in [9.17, 15) is 4.79 Å². The third-order valence-corrected chi connectivity index (χ3v) is 3.56. The number of carbonyl (C=O) groups is 1. The number of carboxylic acids is 1. The summed E-state index contributed by atoms with van der Waals surface area (Å²) in [6.45, 7) is 0. The average Bonchev–Trinajstić information content (AvgIpc) is 2.61. The molecule has 0 fully saturated rings. The van der Waals surface area contributed by atoms with Crippen molar-refractivity contribution < 1.29 is 14.6 Å². The second-order valence-corrected chi connectivity index (χ2v) is 5.15. The molecule has 0 aliphatic rings. The maximum absolute atomic E-state index is 10.9. The zero-order valence-corrected chi connectivity index (χ0v) is 12.4. The van der Waals surface area contributed by atoms with Crippen LogP contribution in [0.25, 0.3) is 0 Å². The Morgan fingerprint density at radius 1 is 0.739 bits per heavy atom. The van der Waals surface area contributed by atoms with E-state index in [0.717, 1.165) is 11.1 Å². The summed E-state index contributed by atoms with van der Waals surface area (Å²) in [5.74, 6) is -0.313. The van der Waals surface area contributed by atoms with Crippen molar-refractivity contribution in [1.82, 2.24) is 0 Å². The highest BCUT2D eigenvalue weighted by Gasteiger charge is 2.15. The standard InChI is InChI=1S/C20H16O3/c21-20(22)17-11-13-18(14-12-17)23-19(15-7-3-1-4-8-15)16-9-5-2-6-10-16/h1-14,19H,(H,21,22). The molecule has 0 radical (unpaired) electrons. The first kappa shape index (κ1) is 14.9. The molecule has 0 spiro atoms. The van der Waals surface area contributed by atoms with Gasteiger partial charge >= 0.3 is 5.97 Å². The molecule has 0 bridgehead atoms. The van der Waals surface area contributed by atoms with E-state index in [-0.39, 0.29) is 11.7 Å². The largest absolute Gasteiger partial charge is 0.481 e. The molecule has 0 aliphatic carbocycles. The van der Waals surface area contributed by atoms with Gasteiger partial charge in [-0.3, -0.25) is 0 Å². The lowest BCUT2D eigenvalue weighted by Gasteiger charge is -2.20. The molecule has 0 aliphatic heterocycles. The molecule has 23 heavy (non-hydrogen) atoms. The Morgan fingerprint density at radius 2 is 1.22 bits per heavy atom. The SMILES string of the molecule is O=C(O)c1ccc(OC(c2ccccc2)c2ccccc2)cc1. The highest BCUT2D eigenvalue weighted by Crippen LogP contribution is 2.28. The van der Waals surface area contributed by atoms with Crippen molar-refractivity contribution in [2.24, 2.45) is 0 Å². The van der Waals surface area contributed by atoms with Crippen molar-refractivity contribution in [3.8, 4) is 5.75 Å². The molecule has 0 saturated heterocycles. The van der Waals surface area contributed by atoms with Gasteiger partial charge in [0.1, 0.15) is 11.9 Å². The Hall–Kier alpha value is -3.07. The summed E-state index contributed by atoms with van der Waals surface area (Å²) >= 11 is 0. The first-order valence-electron chi connectivity index (χ1n) is 7.34. The summed E-state index contributed by atoms with van der Waals surface area (Å²) < 4.78 is 6.13. The van der Waals surface area contributed by atoms with E-state index in [4.69, 9.17) is 9.84 Å². The van der Waals surface area contributed by atoms with Gasteiger partial charge in [-0.1, -0.05) is 60.7 Å². The van der Waals surface area contributed by atoms with Gasteiger partial charge in [0.15, 0.2) is 0 Å². The molecule has 0 amide bonds. The third-order valence-electron chi connectivity index (χ3n) is 3.56. The molecular weight excluding hydrogens is 288 g/mol. The molecule has 3 rings (SSSR count). The predicted octanol–water partition coefficient (Wildman–Crippen LogP) is 4.55. The van der Waals surface area contributed by atoms with Gasteiger partial charge in [0.2, 0.25) is 0 Å². The van der Waals surface area contributed by atoms with Crippen molar-refractivity contribution in [2.75, 3.05) is 0 Å². The topological polar surface area (TPSA) is 46.5 Å². The van der Waals surface area contributed by atoms with Crippen molar-refractivity contribution in [2.45, 2.75) is 6.10 Å². The summed E-state index contributed by atoms with van der Waals surface area (Å²) in [4.78, 5) is 10.9. The summed E-state index contributed by atoms with van der Waals surface area (Å²) in [6.07, 6.45) is -0.243. The lowest BCUT2D eigenvalue weighted by Crippen LogP contribution is -2.09. The maximum Gasteiger partial charge on any atom is 0.335 e. The zero-order valence-electron chi connectivity index (χ0n) is 12.4. The molecule has 3 aromatic carbocycles. The van der Waals surface area contributed by atoms with Crippen LogP contribution >= 0.6 is 0 Å². The Labute approximate surface area is 134 Å². The predicted molar refractivity (Wildman–Crippen MR) is 88.8 cm³/mol. The number of hydrogen-bond donors (Lipinski definition) is 1. The number of benzene rings is 3. The van der Waals surface area contributed by atoms with Crippen LogP contribution in [0.5, 0.6) is 5.75 Å². The monoisotopic (exact) mass is 304 g/mol. The molecule has 3 nitrogen and oxygen atoms in total. The quantitative estimate of drug-likeness (QED) is 0.752. The first-order valence-corrected chi connectivity index (χ1v) is 7.34. The van der Waals surface area contributed by atoms with E-state index >= 15 is 0 Å². The number of rotatable bonds is 5. The van der Waals surface area contributed by atoms with Gasteiger partial charge in [-0.2, -0.15) is 0 Å². The van der Waals surface area contributed by atoms with Crippen molar-refractivity contribution >= 4 is 5.97 Å². The van der Waals surface area contributed by atoms with E-state index < -0.39 is 5.97 Å². The number of hydrogen-bond acceptors (Lipinski definition) is 2. The number of ether oxygens (including phenoxy) is 1. The summed E-state index contributed by atoms with van der Waals surface area (Å²) in [5.41, 5.74) is 2.33. The molecule has 0 aromatic heterocycles. The zero-order chi connectivity index (χ0) is 16.1. The van der Waals surface area contributed by atoms with Crippen LogP contribution in [0.15, 0.2) is 84.9 Å². The highest BCUT2D eigenvalue weighted by molar-refractivity contribution is 5.87. The van der Waals surface area contributed by atoms with Gasteiger partial charge in [-0.05, 0) is 35.4 Å². The van der Waals surface area contributed by atoms with Gasteiger partial charge in [0, 0.05) is 0 Å². The Balaban J connectivity index is 1.92. The van der Waals surface area contributed by atoms with Gasteiger partial charge < -0.3 is 9.84 Å². The third kappa shape index (κ3) is 3.58. The van der Waals surface area contributed by atoms with E-state index in [1.807, 2.05) is 60.7 Å². The Morgan fingerprint density at radius 3 is 1.65 bits per heavy atom. The number of carboxylic acid groups (broad SMARTS) is 1. The summed E-state index contributed by atoms with van der Waals surface area (Å²) in [6, 6.07) is 26.4. The van der Waals surface area contributed by atoms with Crippen LogP contribution in [-0.2, 0) is 0 Å². The highest BCUT2D eigenvalue weighted by atomic mass is 16.5. The molecule has 114 valence electrons.